The highest BCUT2D eigenvalue weighted by atomic mass is 35.5. The van der Waals surface area contributed by atoms with Crippen LogP contribution >= 0.6 is 22.9 Å². The SMILES string of the molecule is CCOC(=O)C(Cc1cc(CNCCN2CCC(O)C2)ccc1OCc1ccnc(-c2ccccc2OC)n1)Oc1ncnc2sc(-c3ccc(F)cc3)c(-c3ccc(C=O)c(Cl)c3C)c12. The molecule has 0 aliphatic carbocycles. The molecule has 2 atom stereocenters. The Balaban J connectivity index is 1.15. The van der Waals surface area contributed by atoms with Gasteiger partial charge in [0.25, 0.3) is 0 Å². The van der Waals surface area contributed by atoms with Gasteiger partial charge in [-0.2, -0.15) is 0 Å². The number of halogens is 2. The van der Waals surface area contributed by atoms with Gasteiger partial charge in [-0.15, -0.1) is 11.3 Å². The van der Waals surface area contributed by atoms with E-state index < -0.39 is 17.9 Å². The van der Waals surface area contributed by atoms with Gasteiger partial charge in [0, 0.05) is 61.3 Å². The number of fused-ring (bicyclic) bond motifs is 1. The molecule has 3 aromatic heterocycles. The Kier molecular flexibility index (Phi) is 14.9. The molecule has 1 aliphatic rings. The third kappa shape index (κ3) is 10.5. The van der Waals surface area contributed by atoms with Crippen LogP contribution in [0.25, 0.3) is 43.2 Å². The molecule has 2 N–H and O–H groups in total. The van der Waals surface area contributed by atoms with Crippen LogP contribution in [-0.4, -0.2) is 94.3 Å². The lowest BCUT2D eigenvalue weighted by Crippen LogP contribution is -2.32. The summed E-state index contributed by atoms with van der Waals surface area (Å²) < 4.78 is 38.6. The van der Waals surface area contributed by atoms with E-state index in [0.29, 0.717) is 92.5 Å². The number of likely N-dealkylation sites (tertiary alicyclic amines) is 1. The van der Waals surface area contributed by atoms with Crippen molar-refractivity contribution in [2.75, 3.05) is 39.9 Å². The average molecular weight is 931 g/mol. The second kappa shape index (κ2) is 21.3. The van der Waals surface area contributed by atoms with Gasteiger partial charge >= 0.3 is 5.97 Å². The molecule has 66 heavy (non-hydrogen) atoms. The molecule has 340 valence electrons. The number of para-hydroxylation sites is 1. The molecular weight excluding hydrogens is 883 g/mol. The molecule has 4 heterocycles. The minimum atomic E-state index is -1.21. The molecule has 16 heteroatoms. The first-order chi connectivity index (χ1) is 32.1. The summed E-state index contributed by atoms with van der Waals surface area (Å²) in [7, 11) is 1.60. The Bertz CT molecular complexity index is 2850. The predicted octanol–water partition coefficient (Wildman–Crippen LogP) is 8.69. The number of nitrogens with one attached hydrogen (secondary N) is 1. The van der Waals surface area contributed by atoms with Crippen molar-refractivity contribution in [2.45, 2.75) is 52.0 Å². The van der Waals surface area contributed by atoms with Gasteiger partial charge in [0.1, 0.15) is 35.1 Å². The minimum absolute atomic E-state index is 0.0264. The first-order valence-electron chi connectivity index (χ1n) is 21.6. The predicted molar refractivity (Wildman–Crippen MR) is 252 cm³/mol. The molecule has 0 bridgehead atoms. The van der Waals surface area contributed by atoms with Crippen LogP contribution in [-0.2, 0) is 29.1 Å². The topological polar surface area (TPSA) is 158 Å². The van der Waals surface area contributed by atoms with E-state index in [9.17, 15) is 19.1 Å². The fraction of sp³-hybridized carbons (Fsp3) is 0.280. The van der Waals surface area contributed by atoms with Gasteiger partial charge in [0.15, 0.2) is 12.1 Å². The number of rotatable bonds is 19. The number of ether oxygens (including phenoxy) is 4. The van der Waals surface area contributed by atoms with Crippen molar-refractivity contribution in [1.29, 1.82) is 0 Å². The summed E-state index contributed by atoms with van der Waals surface area (Å²) in [6.07, 6.45) is 3.04. The monoisotopic (exact) mass is 930 g/mol. The van der Waals surface area contributed by atoms with Crippen molar-refractivity contribution in [1.82, 2.24) is 30.2 Å². The molecular formula is C50H48ClFN6O7S. The number of aromatic nitrogens is 4. The van der Waals surface area contributed by atoms with Crippen LogP contribution in [0, 0.1) is 12.7 Å². The maximum Gasteiger partial charge on any atom is 0.347 e. The van der Waals surface area contributed by atoms with Crippen LogP contribution in [0.4, 0.5) is 4.39 Å². The summed E-state index contributed by atoms with van der Waals surface area (Å²) >= 11 is 8.10. The van der Waals surface area contributed by atoms with Crippen LogP contribution in [0.1, 0.15) is 46.1 Å². The van der Waals surface area contributed by atoms with E-state index in [1.165, 1.54) is 29.8 Å². The normalized spacial score (nSPS) is 14.3. The van der Waals surface area contributed by atoms with Crippen LogP contribution in [0.15, 0.2) is 97.5 Å². The van der Waals surface area contributed by atoms with Crippen molar-refractivity contribution in [2.24, 2.45) is 0 Å². The van der Waals surface area contributed by atoms with E-state index in [1.54, 1.807) is 50.6 Å². The molecule has 0 amide bonds. The number of benzene rings is 4. The molecule has 1 aliphatic heterocycles. The quantitative estimate of drug-likeness (QED) is 0.0451. The number of β-amino-alcohol motifs (C(OH)–C–C–N with tert-alkyl or cyclic N) is 1. The van der Waals surface area contributed by atoms with Gasteiger partial charge in [0.2, 0.25) is 12.0 Å². The van der Waals surface area contributed by atoms with Gasteiger partial charge in [-0.05, 0) is 90.6 Å². The fourth-order valence-electron chi connectivity index (χ4n) is 7.98. The summed E-state index contributed by atoms with van der Waals surface area (Å²) in [5.41, 5.74) is 5.97. The molecule has 0 radical (unpaired) electrons. The molecule has 0 saturated carbocycles. The smallest absolute Gasteiger partial charge is 0.347 e. The second-order valence-corrected chi connectivity index (χ2v) is 17.1. The van der Waals surface area contributed by atoms with Crippen molar-refractivity contribution in [3.05, 3.63) is 136 Å². The Morgan fingerprint density at radius 1 is 1.05 bits per heavy atom. The summed E-state index contributed by atoms with van der Waals surface area (Å²) in [4.78, 5) is 47.9. The summed E-state index contributed by atoms with van der Waals surface area (Å²) in [5, 5.41) is 14.3. The largest absolute Gasteiger partial charge is 0.496 e. The zero-order chi connectivity index (χ0) is 46.2. The van der Waals surface area contributed by atoms with Crippen molar-refractivity contribution in [3.8, 4) is 50.3 Å². The number of aliphatic hydroxyl groups excluding tert-OH is 1. The van der Waals surface area contributed by atoms with Crippen LogP contribution < -0.4 is 19.5 Å². The standard InChI is InChI=1S/C50H48ClFN6O7S/c1-4-63-50(61)42(65-48-44-43(38-15-12-33(27-59)45(51)30(38)2)46(66-49(44)56-29-55-48)32-10-13-35(52)14-11-32)24-34-23-31(25-53-20-22-58-21-18-37(60)26-58)9-16-40(34)64-28-36-17-19-54-47(57-36)39-7-5-6-8-41(39)62-3/h5-17,19,23,27,29,37,42,53,60H,4,18,20-22,24-26,28H2,1-3H3. The molecule has 1 fully saturated rings. The average Bonchev–Trinajstić information content (AvgIpc) is 3.94. The molecule has 8 rings (SSSR count). The number of thiophene rings is 1. The third-order valence-corrected chi connectivity index (χ3v) is 13.0. The lowest BCUT2D eigenvalue weighted by Gasteiger charge is -2.21. The van der Waals surface area contributed by atoms with Gasteiger partial charge in [-0.3, -0.25) is 9.69 Å². The highest BCUT2D eigenvalue weighted by molar-refractivity contribution is 7.22. The first-order valence-corrected chi connectivity index (χ1v) is 22.8. The third-order valence-electron chi connectivity index (χ3n) is 11.3. The van der Waals surface area contributed by atoms with Crippen molar-refractivity contribution < 1.29 is 38.0 Å². The van der Waals surface area contributed by atoms with E-state index in [1.807, 2.05) is 49.4 Å². The van der Waals surface area contributed by atoms with Crippen LogP contribution in [0.5, 0.6) is 17.4 Å². The van der Waals surface area contributed by atoms with Crippen LogP contribution in [0.2, 0.25) is 5.02 Å². The zero-order valence-corrected chi connectivity index (χ0v) is 38.2. The second-order valence-electron chi connectivity index (χ2n) is 15.7. The maximum absolute atomic E-state index is 14.2. The first kappa shape index (κ1) is 46.2. The molecule has 4 aromatic carbocycles. The Morgan fingerprint density at radius 3 is 2.65 bits per heavy atom. The number of hydrogen-bond acceptors (Lipinski definition) is 14. The zero-order valence-electron chi connectivity index (χ0n) is 36.6. The Hall–Kier alpha value is -6.36. The molecule has 7 aromatic rings. The number of aliphatic hydroxyl groups is 1. The summed E-state index contributed by atoms with van der Waals surface area (Å²) in [6.45, 7) is 7.30. The molecule has 2 unspecified atom stereocenters. The highest BCUT2D eigenvalue weighted by Gasteiger charge is 2.30. The number of esters is 1. The molecule has 13 nitrogen and oxygen atoms in total. The Labute approximate surface area is 390 Å². The maximum atomic E-state index is 14.2. The number of carbonyl (C=O) groups excluding carboxylic acids is 2. The van der Waals surface area contributed by atoms with Gasteiger partial charge < -0.3 is 29.4 Å². The van der Waals surface area contributed by atoms with Gasteiger partial charge in [0.05, 0.1) is 41.5 Å². The van der Waals surface area contributed by atoms with E-state index in [4.69, 9.17) is 35.5 Å². The summed E-state index contributed by atoms with van der Waals surface area (Å²) in [6, 6.07) is 24.7. The van der Waals surface area contributed by atoms with Gasteiger partial charge in [-0.1, -0.05) is 54.1 Å². The number of nitrogens with zero attached hydrogens (tertiary/aromatic N) is 5. The Morgan fingerprint density at radius 2 is 1.88 bits per heavy atom. The lowest BCUT2D eigenvalue weighted by atomic mass is 9.95. The highest BCUT2D eigenvalue weighted by Crippen LogP contribution is 2.49. The summed E-state index contributed by atoms with van der Waals surface area (Å²) in [5.74, 6) is 0.736. The van der Waals surface area contributed by atoms with E-state index in [-0.39, 0.29) is 36.6 Å². The number of aldehydes is 1. The van der Waals surface area contributed by atoms with Crippen molar-refractivity contribution >= 4 is 45.4 Å². The van der Waals surface area contributed by atoms with Gasteiger partial charge in [-0.25, -0.2) is 29.1 Å². The van der Waals surface area contributed by atoms with E-state index >= 15 is 0 Å². The van der Waals surface area contributed by atoms with E-state index in [0.717, 1.165) is 35.5 Å². The van der Waals surface area contributed by atoms with Crippen molar-refractivity contribution in [3.63, 3.8) is 0 Å². The van der Waals surface area contributed by atoms with E-state index in [2.05, 4.69) is 25.2 Å². The minimum Gasteiger partial charge on any atom is -0.496 e. The molecule has 1 saturated heterocycles. The fourth-order valence-corrected chi connectivity index (χ4v) is 9.35. The molecule has 0 spiro atoms. The lowest BCUT2D eigenvalue weighted by molar-refractivity contribution is -0.151. The van der Waals surface area contributed by atoms with Crippen LogP contribution in [0.3, 0.4) is 0 Å². The number of hydrogen-bond donors (Lipinski definition) is 2. The number of carbonyl (C=O) groups is 2. The number of methoxy groups -OCH3 is 1.